The lowest BCUT2D eigenvalue weighted by Crippen LogP contribution is -2.26. The number of sulfonamides is 1. The van der Waals surface area contributed by atoms with Gasteiger partial charge in [0.1, 0.15) is 12.4 Å². The van der Waals surface area contributed by atoms with Crippen molar-refractivity contribution in [2.24, 2.45) is 0 Å². The van der Waals surface area contributed by atoms with Gasteiger partial charge >= 0.3 is 5.97 Å². The molecule has 1 N–H and O–H groups in total. The molecule has 3 aromatic rings. The van der Waals surface area contributed by atoms with Crippen molar-refractivity contribution in [3.63, 3.8) is 0 Å². The minimum Gasteiger partial charge on any atom is -0.489 e. The third kappa shape index (κ3) is 4.82. The van der Waals surface area contributed by atoms with Crippen molar-refractivity contribution in [2.45, 2.75) is 16.8 Å². The van der Waals surface area contributed by atoms with Gasteiger partial charge in [0.05, 0.1) is 22.8 Å². The normalized spacial score (nSPS) is 15.1. The first-order chi connectivity index (χ1) is 15.5. The molecule has 1 aliphatic rings. The molecule has 1 unspecified atom stereocenters. The van der Waals surface area contributed by atoms with Crippen molar-refractivity contribution in [1.29, 1.82) is 0 Å². The molecule has 1 heterocycles. The zero-order valence-electron chi connectivity index (χ0n) is 17.5. The Morgan fingerprint density at radius 3 is 2.59 bits per heavy atom. The highest BCUT2D eigenvalue weighted by Gasteiger charge is 2.26. The molecule has 0 saturated carbocycles. The van der Waals surface area contributed by atoms with Crippen molar-refractivity contribution in [1.82, 2.24) is 4.72 Å². The van der Waals surface area contributed by atoms with Crippen LogP contribution in [0.25, 0.3) is 0 Å². The molecule has 1 aliphatic heterocycles. The number of ether oxygens (including phenoxy) is 2. The Morgan fingerprint density at radius 1 is 1.06 bits per heavy atom. The van der Waals surface area contributed by atoms with Gasteiger partial charge in [-0.2, -0.15) is 0 Å². The summed E-state index contributed by atoms with van der Waals surface area (Å²) in [6.07, 6.45) is 0. The predicted molar refractivity (Wildman–Crippen MR) is 124 cm³/mol. The summed E-state index contributed by atoms with van der Waals surface area (Å²) in [5, 5.41) is -0.116. The minimum absolute atomic E-state index is 0.116. The first-order valence-corrected chi connectivity index (χ1v) is 12.6. The quantitative estimate of drug-likeness (QED) is 0.413. The van der Waals surface area contributed by atoms with Crippen molar-refractivity contribution in [3.8, 4) is 5.75 Å². The second-order valence-electron chi connectivity index (χ2n) is 7.19. The van der Waals surface area contributed by atoms with Crippen LogP contribution >= 0.6 is 11.8 Å². The molecule has 0 fully saturated rings. The molecular formula is C24H23NO5S2. The molecule has 1 atom stereocenters. The Bertz CT molecular complexity index is 1210. The third-order valence-corrected chi connectivity index (χ3v) is 7.92. The lowest BCUT2D eigenvalue weighted by atomic mass is 9.98. The van der Waals surface area contributed by atoms with Crippen LogP contribution in [0, 0.1) is 0 Å². The van der Waals surface area contributed by atoms with Gasteiger partial charge in [0.2, 0.25) is 10.0 Å². The number of rotatable bonds is 7. The van der Waals surface area contributed by atoms with E-state index in [4.69, 9.17) is 9.47 Å². The SMILES string of the molecule is COC(=O)c1ccc2c(c1)C(SCCNS(=O)(=O)c1ccccc1)c1ccccc1CO2. The maximum atomic E-state index is 12.5. The van der Waals surface area contributed by atoms with Gasteiger partial charge in [0, 0.05) is 17.9 Å². The van der Waals surface area contributed by atoms with Gasteiger partial charge in [0.15, 0.2) is 0 Å². The Kier molecular flexibility index (Phi) is 6.83. The molecule has 0 bridgehead atoms. The summed E-state index contributed by atoms with van der Waals surface area (Å²) in [7, 11) is -2.21. The van der Waals surface area contributed by atoms with E-state index in [1.54, 1.807) is 60.3 Å². The second-order valence-corrected chi connectivity index (χ2v) is 10.2. The summed E-state index contributed by atoms with van der Waals surface area (Å²) < 4.78 is 38.5. The van der Waals surface area contributed by atoms with E-state index in [0.717, 1.165) is 16.7 Å². The molecule has 0 aliphatic carbocycles. The van der Waals surface area contributed by atoms with Crippen LogP contribution in [0.4, 0.5) is 0 Å². The highest BCUT2D eigenvalue weighted by molar-refractivity contribution is 7.99. The maximum Gasteiger partial charge on any atom is 0.337 e. The predicted octanol–water partition coefficient (Wildman–Crippen LogP) is 4.17. The molecule has 0 radical (unpaired) electrons. The number of carbonyl (C=O) groups excluding carboxylic acids is 1. The van der Waals surface area contributed by atoms with E-state index < -0.39 is 16.0 Å². The minimum atomic E-state index is -3.56. The molecule has 8 heteroatoms. The van der Waals surface area contributed by atoms with E-state index in [1.807, 2.05) is 24.3 Å². The van der Waals surface area contributed by atoms with Crippen LogP contribution in [0.15, 0.2) is 77.7 Å². The summed E-state index contributed by atoms with van der Waals surface area (Å²) in [4.78, 5) is 12.3. The first kappa shape index (κ1) is 22.4. The molecule has 6 nitrogen and oxygen atoms in total. The number of fused-ring (bicyclic) bond motifs is 2. The van der Waals surface area contributed by atoms with Crippen molar-refractivity contribution >= 4 is 27.8 Å². The highest BCUT2D eigenvalue weighted by Crippen LogP contribution is 2.44. The molecule has 0 spiro atoms. The smallest absolute Gasteiger partial charge is 0.337 e. The van der Waals surface area contributed by atoms with E-state index in [1.165, 1.54) is 7.11 Å². The van der Waals surface area contributed by atoms with Gasteiger partial charge in [-0.25, -0.2) is 17.9 Å². The number of hydrogen-bond donors (Lipinski definition) is 1. The van der Waals surface area contributed by atoms with Crippen molar-refractivity contribution in [3.05, 3.63) is 95.1 Å². The zero-order chi connectivity index (χ0) is 22.6. The Balaban J connectivity index is 1.56. The van der Waals surface area contributed by atoms with E-state index >= 15 is 0 Å². The summed E-state index contributed by atoms with van der Waals surface area (Å²) in [5.41, 5.74) is 3.47. The standard InChI is InChI=1S/C24H23NO5S2/c1-29-24(26)17-11-12-22-21(15-17)23(20-10-6-5-7-18(20)16-30-22)31-14-13-25-32(27,28)19-8-3-2-4-9-19/h2-12,15,23,25H,13-14,16H2,1H3. The Morgan fingerprint density at radius 2 is 1.81 bits per heavy atom. The van der Waals surface area contributed by atoms with Crippen molar-refractivity contribution in [2.75, 3.05) is 19.4 Å². The maximum absolute atomic E-state index is 12.5. The average Bonchev–Trinajstić information content (AvgIpc) is 2.98. The van der Waals surface area contributed by atoms with Gasteiger partial charge in [-0.05, 0) is 41.5 Å². The molecule has 32 heavy (non-hydrogen) atoms. The summed E-state index contributed by atoms with van der Waals surface area (Å²) in [5.74, 6) is 0.827. The molecule has 0 amide bonds. The molecule has 4 rings (SSSR count). The number of hydrogen-bond acceptors (Lipinski definition) is 6. The first-order valence-electron chi connectivity index (χ1n) is 10.1. The van der Waals surface area contributed by atoms with Crippen molar-refractivity contribution < 1.29 is 22.7 Å². The van der Waals surface area contributed by atoms with E-state index in [-0.39, 0.29) is 16.7 Å². The second kappa shape index (κ2) is 9.77. The van der Waals surface area contributed by atoms with Crippen LogP contribution in [0.5, 0.6) is 5.75 Å². The topological polar surface area (TPSA) is 81.7 Å². The van der Waals surface area contributed by atoms with Crippen LogP contribution in [-0.4, -0.2) is 33.8 Å². The number of thioether (sulfide) groups is 1. The summed E-state index contributed by atoms with van der Waals surface area (Å²) in [6.45, 7) is 0.700. The number of carbonyl (C=O) groups is 1. The fourth-order valence-corrected chi connectivity index (χ4v) is 6.00. The van der Waals surface area contributed by atoms with Crippen LogP contribution in [0.1, 0.15) is 32.3 Å². The van der Waals surface area contributed by atoms with Crippen LogP contribution in [0.3, 0.4) is 0 Å². The Hall–Kier alpha value is -2.81. The molecule has 3 aromatic carbocycles. The Labute approximate surface area is 192 Å². The van der Waals surface area contributed by atoms with Crippen LogP contribution in [0.2, 0.25) is 0 Å². The molecule has 0 saturated heterocycles. The fraction of sp³-hybridized carbons (Fsp3) is 0.208. The third-order valence-electron chi connectivity index (χ3n) is 5.17. The van der Waals surface area contributed by atoms with Crippen LogP contribution < -0.4 is 9.46 Å². The lowest BCUT2D eigenvalue weighted by Gasteiger charge is -2.19. The zero-order valence-corrected chi connectivity index (χ0v) is 19.1. The van der Waals surface area contributed by atoms with Gasteiger partial charge in [-0.1, -0.05) is 42.5 Å². The number of esters is 1. The van der Waals surface area contributed by atoms with E-state index in [2.05, 4.69) is 4.72 Å². The number of nitrogens with one attached hydrogen (secondary N) is 1. The summed E-state index contributed by atoms with van der Waals surface area (Å²) >= 11 is 1.60. The van der Waals surface area contributed by atoms with Gasteiger partial charge in [-0.15, -0.1) is 11.8 Å². The van der Waals surface area contributed by atoms with Crippen LogP contribution in [-0.2, 0) is 21.4 Å². The van der Waals surface area contributed by atoms with Gasteiger partial charge in [0.25, 0.3) is 0 Å². The van der Waals surface area contributed by atoms with E-state index in [0.29, 0.717) is 23.7 Å². The highest BCUT2D eigenvalue weighted by atomic mass is 32.2. The van der Waals surface area contributed by atoms with Gasteiger partial charge in [-0.3, -0.25) is 0 Å². The number of benzene rings is 3. The van der Waals surface area contributed by atoms with E-state index in [9.17, 15) is 13.2 Å². The molecular weight excluding hydrogens is 446 g/mol. The molecule has 0 aromatic heterocycles. The monoisotopic (exact) mass is 469 g/mol. The largest absolute Gasteiger partial charge is 0.489 e. The molecule has 166 valence electrons. The fourth-order valence-electron chi connectivity index (χ4n) is 3.59. The summed E-state index contributed by atoms with van der Waals surface area (Å²) in [6, 6.07) is 21.6. The average molecular weight is 470 g/mol. The van der Waals surface area contributed by atoms with Gasteiger partial charge < -0.3 is 9.47 Å². The number of methoxy groups -OCH3 is 1. The lowest BCUT2D eigenvalue weighted by molar-refractivity contribution is 0.0600.